The summed E-state index contributed by atoms with van der Waals surface area (Å²) in [6, 6.07) is 9.55. The number of para-hydroxylation sites is 1. The van der Waals surface area contributed by atoms with Crippen molar-refractivity contribution in [2.45, 2.75) is 18.7 Å². The van der Waals surface area contributed by atoms with Gasteiger partial charge in [-0.05, 0) is 49.7 Å². The quantitative estimate of drug-likeness (QED) is 0.854. The normalized spacial score (nSPS) is 11.1. The molecule has 0 radical (unpaired) electrons. The first-order valence-corrected chi connectivity index (χ1v) is 8.84. The van der Waals surface area contributed by atoms with Crippen molar-refractivity contribution in [1.82, 2.24) is 0 Å². The standard InChI is InChI=1S/C16H18ClNO4S/c1-4-22-16-13(17)6-5-7-14(16)18-23(19,20)12-8-9-15(21-3)11(2)10-12/h5-10,18H,4H2,1-3H3. The van der Waals surface area contributed by atoms with E-state index < -0.39 is 10.0 Å². The zero-order valence-corrected chi connectivity index (χ0v) is 14.7. The maximum absolute atomic E-state index is 12.6. The SMILES string of the molecule is CCOc1c(Cl)cccc1NS(=O)(=O)c1ccc(OC)c(C)c1. The number of benzene rings is 2. The van der Waals surface area contributed by atoms with Gasteiger partial charge in [-0.1, -0.05) is 17.7 Å². The third kappa shape index (κ3) is 3.89. The van der Waals surface area contributed by atoms with E-state index in [4.69, 9.17) is 21.1 Å². The molecule has 0 atom stereocenters. The third-order valence-corrected chi connectivity index (χ3v) is 4.84. The molecule has 0 fully saturated rings. The van der Waals surface area contributed by atoms with E-state index >= 15 is 0 Å². The highest BCUT2D eigenvalue weighted by molar-refractivity contribution is 7.92. The fraction of sp³-hybridized carbons (Fsp3) is 0.250. The second-order valence-corrected chi connectivity index (χ2v) is 6.88. The maximum Gasteiger partial charge on any atom is 0.262 e. The summed E-state index contributed by atoms with van der Waals surface area (Å²) in [6.45, 7) is 3.96. The van der Waals surface area contributed by atoms with Gasteiger partial charge in [0.05, 0.1) is 29.3 Å². The minimum atomic E-state index is -3.76. The van der Waals surface area contributed by atoms with Gasteiger partial charge >= 0.3 is 0 Å². The van der Waals surface area contributed by atoms with Crippen LogP contribution in [0.3, 0.4) is 0 Å². The summed E-state index contributed by atoms with van der Waals surface area (Å²) in [5, 5.41) is 0.345. The summed E-state index contributed by atoms with van der Waals surface area (Å²) < 4.78 is 38.2. The molecule has 23 heavy (non-hydrogen) atoms. The average molecular weight is 356 g/mol. The van der Waals surface area contributed by atoms with E-state index in [0.717, 1.165) is 5.56 Å². The second-order valence-electron chi connectivity index (χ2n) is 4.79. The lowest BCUT2D eigenvalue weighted by Gasteiger charge is -2.14. The van der Waals surface area contributed by atoms with Gasteiger partial charge in [-0.25, -0.2) is 8.42 Å². The summed E-state index contributed by atoms with van der Waals surface area (Å²) in [6.07, 6.45) is 0. The Hall–Kier alpha value is -1.92. The van der Waals surface area contributed by atoms with Crippen LogP contribution in [0.1, 0.15) is 12.5 Å². The molecule has 2 aromatic rings. The van der Waals surface area contributed by atoms with Gasteiger partial charge in [0.1, 0.15) is 5.75 Å². The minimum absolute atomic E-state index is 0.137. The van der Waals surface area contributed by atoms with Crippen molar-refractivity contribution in [3.05, 3.63) is 47.0 Å². The van der Waals surface area contributed by atoms with Gasteiger partial charge < -0.3 is 9.47 Å². The van der Waals surface area contributed by atoms with E-state index in [1.165, 1.54) is 13.2 Å². The molecule has 0 saturated carbocycles. The van der Waals surface area contributed by atoms with Crippen LogP contribution in [0.2, 0.25) is 5.02 Å². The number of sulfonamides is 1. The van der Waals surface area contributed by atoms with Gasteiger partial charge in [-0.2, -0.15) is 0 Å². The number of ether oxygens (including phenoxy) is 2. The van der Waals surface area contributed by atoms with Gasteiger partial charge in [0.2, 0.25) is 0 Å². The molecule has 1 N–H and O–H groups in total. The number of nitrogens with one attached hydrogen (secondary N) is 1. The Kier molecular flexibility index (Phi) is 5.38. The number of halogens is 1. The number of rotatable bonds is 6. The van der Waals surface area contributed by atoms with Crippen LogP contribution in [0.4, 0.5) is 5.69 Å². The Balaban J connectivity index is 2.39. The molecule has 0 saturated heterocycles. The van der Waals surface area contributed by atoms with Crippen molar-refractivity contribution in [3.63, 3.8) is 0 Å². The zero-order valence-electron chi connectivity index (χ0n) is 13.1. The number of hydrogen-bond acceptors (Lipinski definition) is 4. The Labute approximate surface area is 141 Å². The number of aryl methyl sites for hydroxylation is 1. The lowest BCUT2D eigenvalue weighted by Crippen LogP contribution is -2.14. The molecule has 124 valence electrons. The van der Waals surface area contributed by atoms with E-state index in [1.54, 1.807) is 44.2 Å². The van der Waals surface area contributed by atoms with Crippen LogP contribution < -0.4 is 14.2 Å². The van der Waals surface area contributed by atoms with Crippen molar-refractivity contribution in [2.75, 3.05) is 18.4 Å². The Bertz CT molecular complexity index is 806. The fourth-order valence-electron chi connectivity index (χ4n) is 2.10. The first-order chi connectivity index (χ1) is 10.9. The molecule has 0 heterocycles. The van der Waals surface area contributed by atoms with Crippen molar-refractivity contribution >= 4 is 27.3 Å². The lowest BCUT2D eigenvalue weighted by atomic mass is 10.2. The van der Waals surface area contributed by atoms with Crippen LogP contribution in [0, 0.1) is 6.92 Å². The minimum Gasteiger partial charge on any atom is -0.496 e. The summed E-state index contributed by atoms with van der Waals surface area (Å²) in [7, 11) is -2.23. The highest BCUT2D eigenvalue weighted by atomic mass is 35.5. The van der Waals surface area contributed by atoms with E-state index in [0.29, 0.717) is 28.8 Å². The second kappa shape index (κ2) is 7.10. The van der Waals surface area contributed by atoms with Crippen LogP contribution in [-0.4, -0.2) is 22.1 Å². The predicted molar refractivity (Wildman–Crippen MR) is 91.2 cm³/mol. The predicted octanol–water partition coefficient (Wildman–Crippen LogP) is 3.86. The fourth-order valence-corrected chi connectivity index (χ4v) is 3.48. The molecular formula is C16H18ClNO4S. The molecule has 5 nitrogen and oxygen atoms in total. The summed E-state index contributed by atoms with van der Waals surface area (Å²) in [5.74, 6) is 0.937. The van der Waals surface area contributed by atoms with Gasteiger partial charge in [-0.3, -0.25) is 4.72 Å². The summed E-state index contributed by atoms with van der Waals surface area (Å²) in [4.78, 5) is 0.137. The molecule has 0 bridgehead atoms. The van der Waals surface area contributed by atoms with Crippen molar-refractivity contribution in [3.8, 4) is 11.5 Å². The largest absolute Gasteiger partial charge is 0.496 e. The molecule has 2 aromatic carbocycles. The molecular weight excluding hydrogens is 338 g/mol. The first-order valence-electron chi connectivity index (χ1n) is 6.97. The summed E-state index contributed by atoms with van der Waals surface area (Å²) >= 11 is 6.07. The van der Waals surface area contributed by atoms with Crippen LogP contribution in [0.5, 0.6) is 11.5 Å². The molecule has 0 amide bonds. The van der Waals surface area contributed by atoms with Crippen LogP contribution in [-0.2, 0) is 10.0 Å². The average Bonchev–Trinajstić information content (AvgIpc) is 2.50. The van der Waals surface area contributed by atoms with Gasteiger partial charge in [-0.15, -0.1) is 0 Å². The van der Waals surface area contributed by atoms with E-state index in [-0.39, 0.29) is 4.90 Å². The Morgan fingerprint density at radius 2 is 1.96 bits per heavy atom. The number of hydrogen-bond donors (Lipinski definition) is 1. The highest BCUT2D eigenvalue weighted by Gasteiger charge is 2.19. The number of methoxy groups -OCH3 is 1. The lowest BCUT2D eigenvalue weighted by molar-refractivity contribution is 0.342. The van der Waals surface area contributed by atoms with E-state index in [1.807, 2.05) is 0 Å². The topological polar surface area (TPSA) is 64.6 Å². The molecule has 0 spiro atoms. The third-order valence-electron chi connectivity index (χ3n) is 3.18. The summed E-state index contributed by atoms with van der Waals surface area (Å²) in [5.41, 5.74) is 1.03. The molecule has 0 aromatic heterocycles. The Morgan fingerprint density at radius 3 is 2.57 bits per heavy atom. The first kappa shape index (κ1) is 17.4. The molecule has 0 aliphatic heterocycles. The van der Waals surface area contributed by atoms with Crippen LogP contribution in [0.25, 0.3) is 0 Å². The van der Waals surface area contributed by atoms with Crippen molar-refractivity contribution in [2.24, 2.45) is 0 Å². The highest BCUT2D eigenvalue weighted by Crippen LogP contribution is 2.34. The van der Waals surface area contributed by atoms with Gasteiger partial charge in [0.15, 0.2) is 5.75 Å². The molecule has 0 aliphatic carbocycles. The van der Waals surface area contributed by atoms with Gasteiger partial charge in [0.25, 0.3) is 10.0 Å². The van der Waals surface area contributed by atoms with Crippen molar-refractivity contribution < 1.29 is 17.9 Å². The number of anilines is 1. The van der Waals surface area contributed by atoms with Crippen LogP contribution in [0.15, 0.2) is 41.3 Å². The molecule has 0 aliphatic rings. The van der Waals surface area contributed by atoms with E-state index in [2.05, 4.69) is 4.72 Å². The molecule has 0 unspecified atom stereocenters. The molecule has 2 rings (SSSR count). The van der Waals surface area contributed by atoms with Crippen LogP contribution >= 0.6 is 11.6 Å². The molecule has 7 heteroatoms. The zero-order chi connectivity index (χ0) is 17.0. The maximum atomic E-state index is 12.6. The van der Waals surface area contributed by atoms with E-state index in [9.17, 15) is 8.42 Å². The Morgan fingerprint density at radius 1 is 1.22 bits per heavy atom. The smallest absolute Gasteiger partial charge is 0.262 e. The van der Waals surface area contributed by atoms with Crippen molar-refractivity contribution in [1.29, 1.82) is 0 Å². The monoisotopic (exact) mass is 355 g/mol. The van der Waals surface area contributed by atoms with Gasteiger partial charge in [0, 0.05) is 0 Å².